The van der Waals surface area contributed by atoms with E-state index in [1.54, 1.807) is 12.1 Å². The molecule has 0 amide bonds. The van der Waals surface area contributed by atoms with E-state index >= 15 is 0 Å². The van der Waals surface area contributed by atoms with E-state index in [1.165, 1.54) is 12.1 Å². The zero-order chi connectivity index (χ0) is 13.2. The maximum Gasteiger partial charge on any atom is 0.210 e. The Kier molecular flexibility index (Phi) is 3.99. The topological polar surface area (TPSA) is 63.4 Å². The first-order valence-corrected chi connectivity index (χ1v) is 7.64. The number of sulfonamides is 1. The number of hydrogen-bond donors (Lipinski definition) is 1. The first-order chi connectivity index (χ1) is 8.44. The minimum Gasteiger partial charge on any atom is -0.302 e. The smallest absolute Gasteiger partial charge is 0.210 e. The van der Waals surface area contributed by atoms with E-state index in [1.807, 2.05) is 0 Å². The van der Waals surface area contributed by atoms with Crippen LogP contribution in [0.2, 0.25) is 0 Å². The lowest BCUT2D eigenvalue weighted by atomic mass is 9.99. The van der Waals surface area contributed by atoms with E-state index in [9.17, 15) is 12.8 Å². The molecule has 1 aliphatic heterocycles. The third kappa shape index (κ3) is 3.76. The number of rotatable bonds is 4. The van der Waals surface area contributed by atoms with E-state index in [-0.39, 0.29) is 11.6 Å². The molecule has 18 heavy (non-hydrogen) atoms. The molecule has 0 unspecified atom stereocenters. The van der Waals surface area contributed by atoms with Gasteiger partial charge in [-0.1, -0.05) is 12.1 Å². The van der Waals surface area contributed by atoms with Gasteiger partial charge in [0.2, 0.25) is 10.0 Å². The van der Waals surface area contributed by atoms with E-state index < -0.39 is 10.0 Å². The van der Waals surface area contributed by atoms with Gasteiger partial charge in [-0.05, 0) is 36.6 Å². The highest BCUT2D eigenvalue weighted by atomic mass is 32.2. The quantitative estimate of drug-likeness (QED) is 0.886. The predicted octanol–water partition coefficient (Wildman–Crippen LogP) is 0.904. The molecular weight excluding hydrogens is 255 g/mol. The Morgan fingerprint density at radius 1 is 1.33 bits per heavy atom. The molecule has 1 atom stereocenters. The third-order valence-electron chi connectivity index (χ3n) is 3.31. The predicted molar refractivity (Wildman–Crippen MR) is 68.2 cm³/mol. The van der Waals surface area contributed by atoms with Crippen molar-refractivity contribution >= 4 is 10.0 Å². The van der Waals surface area contributed by atoms with Gasteiger partial charge < -0.3 is 4.90 Å². The third-order valence-corrected chi connectivity index (χ3v) is 4.06. The number of nitrogens with zero attached hydrogens (tertiary/aromatic N) is 1. The van der Waals surface area contributed by atoms with Crippen LogP contribution in [0.4, 0.5) is 4.39 Å². The van der Waals surface area contributed by atoms with Gasteiger partial charge in [0.05, 0.1) is 5.75 Å². The molecule has 0 aromatic heterocycles. The van der Waals surface area contributed by atoms with Crippen molar-refractivity contribution in [1.29, 1.82) is 0 Å². The summed E-state index contributed by atoms with van der Waals surface area (Å²) in [6.07, 6.45) is 0.969. The van der Waals surface area contributed by atoms with Crippen LogP contribution >= 0.6 is 0 Å². The Morgan fingerprint density at radius 3 is 2.61 bits per heavy atom. The number of likely N-dealkylation sites (tertiary alicyclic amines) is 1. The van der Waals surface area contributed by atoms with Crippen molar-refractivity contribution in [2.75, 3.05) is 25.4 Å². The van der Waals surface area contributed by atoms with Gasteiger partial charge >= 0.3 is 0 Å². The number of nitrogens with two attached hydrogens (primary N) is 1. The standard InChI is InChI=1S/C12H17FN2O2S/c13-12-3-1-10(2-4-12)11-5-6-15(9-11)7-8-18(14,16)17/h1-4,11H,5-9H2,(H2,14,16,17)/t11-/m1/s1. The lowest BCUT2D eigenvalue weighted by molar-refractivity contribution is 0.354. The molecule has 1 heterocycles. The van der Waals surface area contributed by atoms with Crippen LogP contribution in [0.1, 0.15) is 17.9 Å². The van der Waals surface area contributed by atoms with Crippen LogP contribution < -0.4 is 5.14 Å². The van der Waals surface area contributed by atoms with Crippen LogP contribution in [-0.4, -0.2) is 38.7 Å². The van der Waals surface area contributed by atoms with Crippen molar-refractivity contribution in [3.8, 4) is 0 Å². The second kappa shape index (κ2) is 5.34. The Labute approximate surface area is 107 Å². The molecule has 100 valence electrons. The summed E-state index contributed by atoms with van der Waals surface area (Å²) in [5.41, 5.74) is 1.11. The molecule has 0 aliphatic carbocycles. The fourth-order valence-electron chi connectivity index (χ4n) is 2.30. The summed E-state index contributed by atoms with van der Waals surface area (Å²) in [4.78, 5) is 2.08. The van der Waals surface area contributed by atoms with Crippen LogP contribution in [-0.2, 0) is 10.0 Å². The van der Waals surface area contributed by atoms with Gasteiger partial charge in [-0.2, -0.15) is 0 Å². The van der Waals surface area contributed by atoms with Crippen molar-refractivity contribution in [3.63, 3.8) is 0 Å². The summed E-state index contributed by atoms with van der Waals surface area (Å²) in [5, 5.41) is 4.98. The summed E-state index contributed by atoms with van der Waals surface area (Å²) in [6.45, 7) is 2.13. The highest BCUT2D eigenvalue weighted by molar-refractivity contribution is 7.89. The van der Waals surface area contributed by atoms with Gasteiger partial charge in [0.1, 0.15) is 5.82 Å². The molecule has 1 saturated heterocycles. The van der Waals surface area contributed by atoms with E-state index in [4.69, 9.17) is 5.14 Å². The minimum atomic E-state index is -3.39. The highest BCUT2D eigenvalue weighted by Crippen LogP contribution is 2.26. The Bertz CT molecular complexity index is 501. The summed E-state index contributed by atoms with van der Waals surface area (Å²) < 4.78 is 34.6. The first-order valence-electron chi connectivity index (χ1n) is 5.92. The Hall–Kier alpha value is -0.980. The summed E-state index contributed by atoms with van der Waals surface area (Å²) >= 11 is 0. The molecule has 2 N–H and O–H groups in total. The van der Waals surface area contributed by atoms with Crippen molar-refractivity contribution < 1.29 is 12.8 Å². The number of hydrogen-bond acceptors (Lipinski definition) is 3. The van der Waals surface area contributed by atoms with Gasteiger partial charge in [-0.25, -0.2) is 17.9 Å². The van der Waals surface area contributed by atoms with Gasteiger partial charge in [0.25, 0.3) is 0 Å². The van der Waals surface area contributed by atoms with Crippen molar-refractivity contribution in [1.82, 2.24) is 4.90 Å². The van der Waals surface area contributed by atoms with Crippen molar-refractivity contribution in [3.05, 3.63) is 35.6 Å². The van der Waals surface area contributed by atoms with E-state index in [0.29, 0.717) is 12.5 Å². The molecule has 0 saturated carbocycles. The zero-order valence-corrected chi connectivity index (χ0v) is 10.9. The molecule has 1 aromatic rings. The molecule has 0 spiro atoms. The van der Waals surface area contributed by atoms with Crippen LogP contribution in [0.3, 0.4) is 0 Å². The summed E-state index contributed by atoms with van der Waals surface area (Å²) in [6, 6.07) is 6.51. The minimum absolute atomic E-state index is 0.0108. The molecule has 1 aromatic carbocycles. The second-order valence-corrected chi connectivity index (χ2v) is 6.44. The number of halogens is 1. The Balaban J connectivity index is 1.90. The van der Waals surface area contributed by atoms with E-state index in [2.05, 4.69) is 4.90 Å². The molecule has 0 bridgehead atoms. The van der Waals surface area contributed by atoms with Gasteiger partial charge in [0, 0.05) is 13.1 Å². The lowest BCUT2D eigenvalue weighted by Crippen LogP contribution is -2.30. The normalized spacial score (nSPS) is 21.3. The summed E-state index contributed by atoms with van der Waals surface area (Å²) in [7, 11) is -3.39. The SMILES string of the molecule is NS(=O)(=O)CCN1CC[C@@H](c2ccc(F)cc2)C1. The monoisotopic (exact) mass is 272 g/mol. The maximum absolute atomic E-state index is 12.8. The van der Waals surface area contributed by atoms with Gasteiger partial charge in [0.15, 0.2) is 0 Å². The van der Waals surface area contributed by atoms with Crippen LogP contribution in [0.25, 0.3) is 0 Å². The molecule has 1 fully saturated rings. The zero-order valence-electron chi connectivity index (χ0n) is 10.0. The van der Waals surface area contributed by atoms with Crippen molar-refractivity contribution in [2.24, 2.45) is 5.14 Å². The lowest BCUT2D eigenvalue weighted by Gasteiger charge is -2.15. The molecular formula is C12H17FN2O2S. The van der Waals surface area contributed by atoms with Crippen molar-refractivity contribution in [2.45, 2.75) is 12.3 Å². The highest BCUT2D eigenvalue weighted by Gasteiger charge is 2.24. The second-order valence-electron chi connectivity index (χ2n) is 4.70. The first kappa shape index (κ1) is 13.5. The average molecular weight is 272 g/mol. The molecule has 2 rings (SSSR count). The maximum atomic E-state index is 12.8. The molecule has 6 heteroatoms. The van der Waals surface area contributed by atoms with Crippen LogP contribution in [0.5, 0.6) is 0 Å². The summed E-state index contributed by atoms with van der Waals surface area (Å²) in [5.74, 6) is 0.109. The van der Waals surface area contributed by atoms with E-state index in [0.717, 1.165) is 25.1 Å². The van der Waals surface area contributed by atoms with Crippen LogP contribution in [0.15, 0.2) is 24.3 Å². The number of primary sulfonamides is 1. The molecule has 0 radical (unpaired) electrons. The van der Waals surface area contributed by atoms with Gasteiger partial charge in [-0.3, -0.25) is 0 Å². The fourth-order valence-corrected chi connectivity index (χ4v) is 2.81. The average Bonchev–Trinajstić information content (AvgIpc) is 2.75. The Morgan fingerprint density at radius 2 is 2.00 bits per heavy atom. The molecule has 4 nitrogen and oxygen atoms in total. The fraction of sp³-hybridized carbons (Fsp3) is 0.500. The number of benzene rings is 1. The molecule has 1 aliphatic rings. The van der Waals surface area contributed by atoms with Gasteiger partial charge in [-0.15, -0.1) is 0 Å². The van der Waals surface area contributed by atoms with Crippen LogP contribution in [0, 0.1) is 5.82 Å². The largest absolute Gasteiger partial charge is 0.302 e.